The number of fused-ring (bicyclic) bond motifs is 1. The Morgan fingerprint density at radius 3 is 2.47 bits per heavy atom. The van der Waals surface area contributed by atoms with Gasteiger partial charge in [-0.25, -0.2) is 17.9 Å². The van der Waals surface area contributed by atoms with E-state index in [1.807, 2.05) is 0 Å². The van der Waals surface area contributed by atoms with E-state index in [2.05, 4.69) is 9.71 Å². The van der Waals surface area contributed by atoms with Gasteiger partial charge in [-0.15, -0.1) is 0 Å². The standard InChI is InChI=1S/C20H14Cl3N3O5S/c21-11-2-1-3-18(19(11)23)32(30,31)24-9-10-4-5-14-13(6-10)25-20(29)26(14)15-7-12(22)16(27)8-17(15)28/h1-8,24,27-28H,9H2,(H,25,29). The summed E-state index contributed by atoms with van der Waals surface area (Å²) in [6.07, 6.45) is 0. The van der Waals surface area contributed by atoms with Crippen LogP contribution in [0.1, 0.15) is 5.56 Å². The van der Waals surface area contributed by atoms with Crippen molar-refractivity contribution in [1.29, 1.82) is 0 Å². The summed E-state index contributed by atoms with van der Waals surface area (Å²) in [6.45, 7) is -0.0788. The van der Waals surface area contributed by atoms with Crippen molar-refractivity contribution in [2.45, 2.75) is 11.4 Å². The second kappa shape index (κ2) is 8.34. The zero-order valence-corrected chi connectivity index (χ0v) is 19.0. The molecule has 0 bridgehead atoms. The summed E-state index contributed by atoms with van der Waals surface area (Å²) in [7, 11) is -3.94. The Hall–Kier alpha value is -2.69. The third kappa shape index (κ3) is 4.05. The Labute approximate surface area is 196 Å². The van der Waals surface area contributed by atoms with Crippen molar-refractivity contribution in [1.82, 2.24) is 14.3 Å². The number of imidazole rings is 1. The highest BCUT2D eigenvalue weighted by atomic mass is 35.5. The van der Waals surface area contributed by atoms with Gasteiger partial charge in [0, 0.05) is 12.6 Å². The second-order valence-corrected chi connectivity index (χ2v) is 9.71. The van der Waals surface area contributed by atoms with Crippen LogP contribution < -0.4 is 10.4 Å². The maximum atomic E-state index is 12.6. The van der Waals surface area contributed by atoms with Gasteiger partial charge in [-0.1, -0.05) is 46.9 Å². The molecular formula is C20H14Cl3N3O5S. The van der Waals surface area contributed by atoms with E-state index >= 15 is 0 Å². The van der Waals surface area contributed by atoms with Crippen LogP contribution >= 0.6 is 34.8 Å². The largest absolute Gasteiger partial charge is 0.506 e. The molecule has 0 amide bonds. The number of sulfonamides is 1. The molecule has 4 aromatic rings. The van der Waals surface area contributed by atoms with Crippen LogP contribution in [0.3, 0.4) is 0 Å². The molecule has 0 aliphatic carbocycles. The number of H-pyrrole nitrogens is 1. The van der Waals surface area contributed by atoms with E-state index in [-0.39, 0.29) is 43.7 Å². The maximum Gasteiger partial charge on any atom is 0.331 e. The SMILES string of the molecule is O=c1[nH]c2cc(CNS(=O)(=O)c3cccc(Cl)c3Cl)ccc2n1-c1cc(Cl)c(O)cc1O. The second-order valence-electron chi connectivity index (χ2n) is 6.79. The summed E-state index contributed by atoms with van der Waals surface area (Å²) in [6, 6.07) is 11.4. The molecule has 1 aromatic heterocycles. The van der Waals surface area contributed by atoms with Gasteiger partial charge in [0.2, 0.25) is 10.0 Å². The molecule has 0 unspecified atom stereocenters. The number of nitrogens with one attached hydrogen (secondary N) is 2. The summed E-state index contributed by atoms with van der Waals surface area (Å²) in [5.41, 5.74) is 0.891. The maximum absolute atomic E-state index is 12.6. The molecule has 0 fully saturated rings. The number of rotatable bonds is 5. The van der Waals surface area contributed by atoms with Crippen molar-refractivity contribution in [3.8, 4) is 17.2 Å². The van der Waals surface area contributed by atoms with Gasteiger partial charge in [-0.05, 0) is 35.9 Å². The van der Waals surface area contributed by atoms with Crippen LogP contribution in [0, 0.1) is 0 Å². The predicted octanol–water partition coefficient (Wildman–Crippen LogP) is 4.17. The summed E-state index contributed by atoms with van der Waals surface area (Å²) in [4.78, 5) is 15.0. The van der Waals surface area contributed by atoms with Crippen LogP contribution in [0.25, 0.3) is 16.7 Å². The highest BCUT2D eigenvalue weighted by Crippen LogP contribution is 2.34. The number of aromatic nitrogens is 2. The fourth-order valence-corrected chi connectivity index (χ4v) is 5.11. The quantitative estimate of drug-likeness (QED) is 0.318. The predicted molar refractivity (Wildman–Crippen MR) is 123 cm³/mol. The number of benzene rings is 3. The van der Waals surface area contributed by atoms with Gasteiger partial charge >= 0.3 is 5.69 Å². The fraction of sp³-hybridized carbons (Fsp3) is 0.0500. The van der Waals surface area contributed by atoms with Crippen LogP contribution in [-0.4, -0.2) is 28.2 Å². The number of nitrogens with zero attached hydrogens (tertiary/aromatic N) is 1. The van der Waals surface area contributed by atoms with Gasteiger partial charge in [-0.2, -0.15) is 0 Å². The van der Waals surface area contributed by atoms with E-state index in [9.17, 15) is 23.4 Å². The van der Waals surface area contributed by atoms with E-state index in [1.54, 1.807) is 18.2 Å². The molecule has 1 heterocycles. The lowest BCUT2D eigenvalue weighted by Gasteiger charge is -2.10. The van der Waals surface area contributed by atoms with E-state index in [1.165, 1.54) is 28.8 Å². The molecule has 4 N–H and O–H groups in total. The van der Waals surface area contributed by atoms with E-state index in [0.29, 0.717) is 16.6 Å². The van der Waals surface area contributed by atoms with E-state index < -0.39 is 15.7 Å². The minimum Gasteiger partial charge on any atom is -0.506 e. The number of phenols is 2. The van der Waals surface area contributed by atoms with Crippen molar-refractivity contribution in [2.24, 2.45) is 0 Å². The van der Waals surface area contributed by atoms with Gasteiger partial charge in [0.25, 0.3) is 0 Å². The molecule has 0 saturated heterocycles. The lowest BCUT2D eigenvalue weighted by molar-refractivity contribution is 0.449. The molecule has 0 atom stereocenters. The zero-order valence-electron chi connectivity index (χ0n) is 15.9. The summed E-state index contributed by atoms with van der Waals surface area (Å²) in [5, 5.41) is 19.8. The summed E-state index contributed by atoms with van der Waals surface area (Å²) in [5.74, 6) is -0.666. The molecule has 166 valence electrons. The fourth-order valence-electron chi connectivity index (χ4n) is 3.17. The molecular weight excluding hydrogens is 501 g/mol. The molecule has 12 heteroatoms. The Kier molecular flexibility index (Phi) is 5.87. The molecule has 0 aliphatic heterocycles. The van der Waals surface area contributed by atoms with Crippen LogP contribution in [0.15, 0.2) is 58.2 Å². The van der Waals surface area contributed by atoms with Crippen molar-refractivity contribution >= 4 is 55.9 Å². The topological polar surface area (TPSA) is 124 Å². The number of phenolic OH excluding ortho intramolecular Hbond substituents is 2. The van der Waals surface area contributed by atoms with Crippen LogP contribution in [0.5, 0.6) is 11.5 Å². The minimum atomic E-state index is -3.94. The van der Waals surface area contributed by atoms with Crippen molar-refractivity contribution in [2.75, 3.05) is 0 Å². The highest BCUT2D eigenvalue weighted by Gasteiger charge is 2.20. The average Bonchev–Trinajstić information content (AvgIpc) is 3.06. The van der Waals surface area contributed by atoms with Crippen molar-refractivity contribution < 1.29 is 18.6 Å². The molecule has 32 heavy (non-hydrogen) atoms. The number of hydrogen-bond donors (Lipinski definition) is 4. The summed E-state index contributed by atoms with van der Waals surface area (Å²) < 4.78 is 28.8. The van der Waals surface area contributed by atoms with Gasteiger partial charge in [0.15, 0.2) is 0 Å². The first kappa shape index (κ1) is 22.5. The van der Waals surface area contributed by atoms with Gasteiger partial charge in [-0.3, -0.25) is 4.57 Å². The molecule has 0 spiro atoms. The zero-order chi connectivity index (χ0) is 23.2. The minimum absolute atomic E-state index is 0.0373. The number of halogens is 3. The van der Waals surface area contributed by atoms with Gasteiger partial charge < -0.3 is 15.2 Å². The molecule has 0 radical (unpaired) electrons. The van der Waals surface area contributed by atoms with Crippen LogP contribution in [0.2, 0.25) is 15.1 Å². The third-order valence-electron chi connectivity index (χ3n) is 4.70. The molecule has 4 rings (SSSR count). The van der Waals surface area contributed by atoms with E-state index in [4.69, 9.17) is 34.8 Å². The first-order chi connectivity index (χ1) is 15.1. The Bertz CT molecular complexity index is 1530. The highest BCUT2D eigenvalue weighted by molar-refractivity contribution is 7.89. The lowest BCUT2D eigenvalue weighted by atomic mass is 10.2. The molecule has 0 aliphatic rings. The Morgan fingerprint density at radius 1 is 0.969 bits per heavy atom. The molecule has 3 aromatic carbocycles. The van der Waals surface area contributed by atoms with Gasteiger partial charge in [0.05, 0.1) is 31.8 Å². The lowest BCUT2D eigenvalue weighted by Crippen LogP contribution is -2.23. The average molecular weight is 515 g/mol. The van der Waals surface area contributed by atoms with Gasteiger partial charge in [0.1, 0.15) is 16.4 Å². The third-order valence-corrected chi connectivity index (χ3v) is 7.38. The number of aromatic hydroxyl groups is 2. The number of hydrogen-bond acceptors (Lipinski definition) is 5. The van der Waals surface area contributed by atoms with Crippen LogP contribution in [0.4, 0.5) is 0 Å². The van der Waals surface area contributed by atoms with Crippen molar-refractivity contribution in [3.05, 3.63) is 79.6 Å². The molecule has 8 nitrogen and oxygen atoms in total. The monoisotopic (exact) mass is 513 g/mol. The Balaban J connectivity index is 1.67. The first-order valence-corrected chi connectivity index (χ1v) is 11.6. The Morgan fingerprint density at radius 2 is 1.72 bits per heavy atom. The van der Waals surface area contributed by atoms with Crippen molar-refractivity contribution in [3.63, 3.8) is 0 Å². The normalized spacial score (nSPS) is 11.8. The molecule has 0 saturated carbocycles. The van der Waals surface area contributed by atoms with E-state index in [0.717, 1.165) is 6.07 Å². The smallest absolute Gasteiger partial charge is 0.331 e. The first-order valence-electron chi connectivity index (χ1n) is 8.97. The number of aromatic amines is 1. The summed E-state index contributed by atoms with van der Waals surface area (Å²) >= 11 is 17.8. The van der Waals surface area contributed by atoms with Crippen LogP contribution in [-0.2, 0) is 16.6 Å².